The van der Waals surface area contributed by atoms with Crippen molar-refractivity contribution in [3.63, 3.8) is 0 Å². The zero-order valence-electron chi connectivity index (χ0n) is 18.6. The van der Waals surface area contributed by atoms with E-state index in [0.717, 1.165) is 32.7 Å². The zero-order valence-corrected chi connectivity index (χ0v) is 18.6. The van der Waals surface area contributed by atoms with E-state index in [-0.39, 0.29) is 0 Å². The van der Waals surface area contributed by atoms with Crippen LogP contribution in [0.1, 0.15) is 38.8 Å². The summed E-state index contributed by atoms with van der Waals surface area (Å²) in [4.78, 5) is 24.0. The number of carbonyl (C=O) groups is 2. The third-order valence-electron chi connectivity index (χ3n) is 6.53. The molecule has 0 saturated carbocycles. The van der Waals surface area contributed by atoms with Crippen LogP contribution in [0.25, 0.3) is 32.7 Å². The lowest BCUT2D eigenvalue weighted by Crippen LogP contribution is -2.28. The molecular weight excluding hydrogens is 400 g/mol. The van der Waals surface area contributed by atoms with E-state index in [1.165, 1.54) is 0 Å². The summed E-state index contributed by atoms with van der Waals surface area (Å²) in [5.41, 5.74) is 1.04. The molecule has 0 aliphatic carbocycles. The molecule has 0 fully saturated rings. The fraction of sp³-hybridized carbons (Fsp3) is 0.214. The summed E-state index contributed by atoms with van der Waals surface area (Å²) in [5, 5.41) is 23.6. The molecule has 0 atom stereocenters. The highest BCUT2D eigenvalue weighted by molar-refractivity contribution is 6.07. The monoisotopic (exact) mass is 426 g/mol. The topological polar surface area (TPSA) is 74.6 Å². The fourth-order valence-corrected chi connectivity index (χ4v) is 4.04. The molecule has 0 saturated heterocycles. The third kappa shape index (κ3) is 3.42. The van der Waals surface area contributed by atoms with Crippen molar-refractivity contribution in [1.29, 1.82) is 0 Å². The number of hydrogen-bond acceptors (Lipinski definition) is 2. The zero-order chi connectivity index (χ0) is 23.3. The summed E-state index contributed by atoms with van der Waals surface area (Å²) in [6.45, 7) is 6.80. The van der Waals surface area contributed by atoms with Crippen LogP contribution in [-0.4, -0.2) is 22.2 Å². The minimum atomic E-state index is -1.08. The molecule has 4 rings (SSSR count). The Morgan fingerprint density at radius 2 is 0.938 bits per heavy atom. The molecule has 4 aromatic rings. The average Bonchev–Trinajstić information content (AvgIpc) is 2.77. The summed E-state index contributed by atoms with van der Waals surface area (Å²) >= 11 is 0. The number of carboxylic acids is 2. The first kappa shape index (κ1) is 21.6. The third-order valence-corrected chi connectivity index (χ3v) is 6.53. The van der Waals surface area contributed by atoms with Gasteiger partial charge in [0.1, 0.15) is 0 Å². The molecule has 0 radical (unpaired) electrons. The second-order valence-electron chi connectivity index (χ2n) is 9.35. The Morgan fingerprint density at radius 1 is 0.594 bits per heavy atom. The van der Waals surface area contributed by atoms with Crippen LogP contribution < -0.4 is 0 Å². The van der Waals surface area contributed by atoms with Crippen LogP contribution in [0, 0.1) is 0 Å². The molecule has 0 bridgehead atoms. The van der Waals surface area contributed by atoms with Crippen LogP contribution in [-0.2, 0) is 20.4 Å². The molecule has 0 aromatic heterocycles. The minimum Gasteiger partial charge on any atom is -0.481 e. The van der Waals surface area contributed by atoms with Gasteiger partial charge in [0.15, 0.2) is 0 Å². The van der Waals surface area contributed by atoms with Crippen molar-refractivity contribution in [1.82, 2.24) is 0 Å². The highest BCUT2D eigenvalue weighted by Gasteiger charge is 2.32. The predicted octanol–water partition coefficient (Wildman–Crippen LogP) is 6.38. The minimum absolute atomic E-state index is 0.700. The van der Waals surface area contributed by atoms with Gasteiger partial charge in [0.2, 0.25) is 0 Å². The van der Waals surface area contributed by atoms with Gasteiger partial charge >= 0.3 is 11.9 Å². The molecule has 0 aliphatic heterocycles. The Hall–Kier alpha value is -3.66. The van der Waals surface area contributed by atoms with Crippen LogP contribution in [0.15, 0.2) is 72.8 Å². The highest BCUT2D eigenvalue weighted by Crippen LogP contribution is 2.40. The van der Waals surface area contributed by atoms with Crippen molar-refractivity contribution >= 4 is 33.5 Å². The molecule has 4 nitrogen and oxygen atoms in total. The van der Waals surface area contributed by atoms with E-state index in [1.54, 1.807) is 27.7 Å². The van der Waals surface area contributed by atoms with Gasteiger partial charge in [-0.3, -0.25) is 9.59 Å². The maximum atomic E-state index is 12.0. The first-order chi connectivity index (χ1) is 15.0. The fourth-order valence-electron chi connectivity index (χ4n) is 4.04. The molecular formula is C28H26O4. The summed E-state index contributed by atoms with van der Waals surface area (Å²) in [7, 11) is 0. The Bertz CT molecular complexity index is 1270. The van der Waals surface area contributed by atoms with Gasteiger partial charge in [0.05, 0.1) is 10.8 Å². The molecule has 0 spiro atoms. The first-order valence-corrected chi connectivity index (χ1v) is 10.6. The van der Waals surface area contributed by atoms with Gasteiger partial charge in [-0.15, -0.1) is 0 Å². The Morgan fingerprint density at radius 3 is 1.28 bits per heavy atom. The van der Waals surface area contributed by atoms with Crippen LogP contribution in [0.5, 0.6) is 0 Å². The number of aliphatic carboxylic acids is 2. The van der Waals surface area contributed by atoms with Crippen molar-refractivity contribution in [3.05, 3.63) is 83.9 Å². The Kier molecular flexibility index (Phi) is 5.04. The number of fused-ring (bicyclic) bond motifs is 2. The van der Waals surface area contributed by atoms with Crippen molar-refractivity contribution in [2.24, 2.45) is 0 Å². The van der Waals surface area contributed by atoms with Gasteiger partial charge in [0, 0.05) is 0 Å². The van der Waals surface area contributed by atoms with Crippen LogP contribution in [0.2, 0.25) is 0 Å². The van der Waals surface area contributed by atoms with E-state index in [1.807, 2.05) is 72.8 Å². The van der Waals surface area contributed by atoms with E-state index in [9.17, 15) is 19.8 Å². The number of hydrogen-bond donors (Lipinski definition) is 2. The summed E-state index contributed by atoms with van der Waals surface area (Å²) in [6, 6.07) is 23.5. The van der Waals surface area contributed by atoms with Crippen LogP contribution >= 0.6 is 0 Å². The SMILES string of the molecule is CC(C)(C(=O)O)c1cc(-c2cc(C(C)(C)C(=O)O)cc3ccccc23)c2ccccc2c1. The Balaban J connectivity index is 2.14. The molecule has 32 heavy (non-hydrogen) atoms. The molecule has 4 heteroatoms. The van der Waals surface area contributed by atoms with Gasteiger partial charge in [-0.25, -0.2) is 0 Å². The van der Waals surface area contributed by atoms with E-state index in [0.29, 0.717) is 11.1 Å². The standard InChI is InChI=1S/C28H26O4/c1-27(2,25(29)30)19-13-17-9-5-7-11-21(17)23(15-19)24-16-20(28(3,4)26(31)32)14-18-10-6-8-12-22(18)24/h5-16H,1-4H3,(H,29,30)(H,31,32). The molecule has 0 unspecified atom stereocenters. The van der Waals surface area contributed by atoms with Crippen molar-refractivity contribution in [2.45, 2.75) is 38.5 Å². The lowest BCUT2D eigenvalue weighted by molar-refractivity contribution is -0.143. The van der Waals surface area contributed by atoms with E-state index in [4.69, 9.17) is 0 Å². The Labute approximate surface area is 187 Å². The number of benzene rings is 4. The predicted molar refractivity (Wildman–Crippen MR) is 128 cm³/mol. The van der Waals surface area contributed by atoms with Crippen molar-refractivity contribution in [2.75, 3.05) is 0 Å². The second-order valence-corrected chi connectivity index (χ2v) is 9.35. The molecule has 2 N–H and O–H groups in total. The number of carboxylic acid groups (broad SMARTS) is 2. The van der Waals surface area contributed by atoms with Crippen molar-refractivity contribution < 1.29 is 19.8 Å². The van der Waals surface area contributed by atoms with Gasteiger partial charge in [0.25, 0.3) is 0 Å². The first-order valence-electron chi connectivity index (χ1n) is 10.6. The molecule has 0 heterocycles. The molecule has 0 amide bonds. The normalized spacial score (nSPS) is 12.2. The van der Waals surface area contributed by atoms with E-state index >= 15 is 0 Å². The number of rotatable bonds is 5. The smallest absolute Gasteiger partial charge is 0.313 e. The van der Waals surface area contributed by atoms with Crippen LogP contribution in [0.3, 0.4) is 0 Å². The lowest BCUT2D eigenvalue weighted by atomic mass is 9.79. The maximum absolute atomic E-state index is 12.0. The van der Waals surface area contributed by atoms with Gasteiger partial charge in [-0.05, 0) is 95.8 Å². The summed E-state index contributed by atoms with van der Waals surface area (Å²) < 4.78 is 0. The molecule has 4 aromatic carbocycles. The maximum Gasteiger partial charge on any atom is 0.313 e. The van der Waals surface area contributed by atoms with Crippen molar-refractivity contribution in [3.8, 4) is 11.1 Å². The van der Waals surface area contributed by atoms with Gasteiger partial charge in [-0.1, -0.05) is 48.5 Å². The summed E-state index contributed by atoms with van der Waals surface area (Å²) in [5.74, 6) is -1.80. The molecule has 162 valence electrons. The largest absolute Gasteiger partial charge is 0.481 e. The van der Waals surface area contributed by atoms with Gasteiger partial charge < -0.3 is 10.2 Å². The highest BCUT2D eigenvalue weighted by atomic mass is 16.4. The second kappa shape index (κ2) is 7.49. The molecule has 0 aliphatic rings. The summed E-state index contributed by atoms with van der Waals surface area (Å²) in [6.07, 6.45) is 0. The van der Waals surface area contributed by atoms with Gasteiger partial charge in [-0.2, -0.15) is 0 Å². The van der Waals surface area contributed by atoms with E-state index in [2.05, 4.69) is 0 Å². The average molecular weight is 427 g/mol. The lowest BCUT2D eigenvalue weighted by Gasteiger charge is -2.24. The van der Waals surface area contributed by atoms with Crippen LogP contribution in [0.4, 0.5) is 0 Å². The van der Waals surface area contributed by atoms with E-state index < -0.39 is 22.8 Å². The quantitative estimate of drug-likeness (QED) is 0.388.